The molecule has 24 heavy (non-hydrogen) atoms. The smallest absolute Gasteiger partial charge is 0.237 e. The monoisotopic (exact) mass is 329 g/mol. The van der Waals surface area contributed by atoms with E-state index in [1.54, 1.807) is 38.1 Å². The maximum absolute atomic E-state index is 14.6. The van der Waals surface area contributed by atoms with E-state index in [1.807, 2.05) is 0 Å². The minimum absolute atomic E-state index is 0.202. The summed E-state index contributed by atoms with van der Waals surface area (Å²) in [5, 5.41) is 0. The van der Waals surface area contributed by atoms with E-state index in [9.17, 15) is 13.6 Å². The zero-order chi connectivity index (χ0) is 17.1. The van der Waals surface area contributed by atoms with E-state index in [0.29, 0.717) is 17.7 Å². The van der Waals surface area contributed by atoms with Gasteiger partial charge in [0.15, 0.2) is 0 Å². The second kappa shape index (κ2) is 5.11. The minimum Gasteiger partial charge on any atom is -0.370 e. The lowest BCUT2D eigenvalue weighted by Gasteiger charge is -2.29. The van der Waals surface area contributed by atoms with Gasteiger partial charge in [0.25, 0.3) is 0 Å². The number of hydrogen-bond donors (Lipinski definition) is 0. The van der Waals surface area contributed by atoms with Crippen molar-refractivity contribution < 1.29 is 18.3 Å². The highest BCUT2D eigenvalue weighted by Gasteiger charge is 2.52. The predicted octanol–water partition coefficient (Wildman–Crippen LogP) is 3.73. The number of benzene rings is 2. The standard InChI is InChI=1S/C19H17F2NO2/c1-19(2)13-7-4-8-14(21)17(13)22(18(19)23)16(15-10-24-15)11-5-3-6-12(20)9-11/h3-9,15-16H,10H2,1-2H3/t15?,16-/m0/s1. The summed E-state index contributed by atoms with van der Waals surface area (Å²) >= 11 is 0. The Labute approximate surface area is 138 Å². The third kappa shape index (κ3) is 2.15. The molecule has 4 rings (SSSR count). The van der Waals surface area contributed by atoms with Crippen LogP contribution in [0.4, 0.5) is 14.5 Å². The lowest BCUT2D eigenvalue weighted by Crippen LogP contribution is -2.41. The first kappa shape index (κ1) is 15.3. The van der Waals surface area contributed by atoms with Gasteiger partial charge in [-0.15, -0.1) is 0 Å². The molecule has 124 valence electrons. The predicted molar refractivity (Wildman–Crippen MR) is 85.8 cm³/mol. The van der Waals surface area contributed by atoms with Crippen LogP contribution in [0.3, 0.4) is 0 Å². The van der Waals surface area contributed by atoms with E-state index < -0.39 is 23.1 Å². The molecule has 0 aromatic heterocycles. The van der Waals surface area contributed by atoms with Crippen LogP contribution in [0.5, 0.6) is 0 Å². The average Bonchev–Trinajstić information content (AvgIpc) is 3.33. The number of rotatable bonds is 3. The summed E-state index contributed by atoms with van der Waals surface area (Å²) in [4.78, 5) is 14.5. The van der Waals surface area contributed by atoms with Crippen molar-refractivity contribution in [1.82, 2.24) is 0 Å². The summed E-state index contributed by atoms with van der Waals surface area (Å²) in [6, 6.07) is 10.2. The summed E-state index contributed by atoms with van der Waals surface area (Å²) in [5.74, 6) is -1.04. The maximum atomic E-state index is 14.6. The fourth-order valence-electron chi connectivity index (χ4n) is 3.51. The lowest BCUT2D eigenvalue weighted by molar-refractivity contribution is -0.122. The number of anilines is 1. The Kier molecular flexibility index (Phi) is 3.25. The van der Waals surface area contributed by atoms with Crippen LogP contribution in [-0.4, -0.2) is 18.6 Å². The number of fused-ring (bicyclic) bond motifs is 1. The first-order chi connectivity index (χ1) is 11.4. The number of carbonyl (C=O) groups excluding carboxylic acids is 1. The zero-order valence-corrected chi connectivity index (χ0v) is 13.4. The zero-order valence-electron chi connectivity index (χ0n) is 13.4. The molecule has 1 fully saturated rings. The lowest BCUT2D eigenvalue weighted by atomic mass is 9.86. The van der Waals surface area contributed by atoms with E-state index >= 15 is 0 Å². The molecule has 2 heterocycles. The molecule has 2 aliphatic heterocycles. The number of carbonyl (C=O) groups is 1. The molecule has 2 aromatic carbocycles. The Morgan fingerprint density at radius 2 is 1.92 bits per heavy atom. The van der Waals surface area contributed by atoms with Crippen molar-refractivity contribution in [2.45, 2.75) is 31.4 Å². The number of hydrogen-bond acceptors (Lipinski definition) is 2. The molecule has 5 heteroatoms. The fourth-order valence-corrected chi connectivity index (χ4v) is 3.51. The summed E-state index contributed by atoms with van der Waals surface area (Å²) in [5.41, 5.74) is 0.697. The molecule has 0 N–H and O–H groups in total. The Morgan fingerprint density at radius 1 is 1.21 bits per heavy atom. The number of nitrogens with zero attached hydrogens (tertiary/aromatic N) is 1. The summed E-state index contributed by atoms with van der Waals surface area (Å²) in [7, 11) is 0. The summed E-state index contributed by atoms with van der Waals surface area (Å²) < 4.78 is 33.7. The summed E-state index contributed by atoms with van der Waals surface area (Å²) in [6.45, 7) is 4.03. The highest BCUT2D eigenvalue weighted by atomic mass is 19.1. The number of para-hydroxylation sites is 1. The number of epoxide rings is 1. The van der Waals surface area contributed by atoms with Crippen molar-refractivity contribution in [1.29, 1.82) is 0 Å². The van der Waals surface area contributed by atoms with Crippen molar-refractivity contribution in [3.8, 4) is 0 Å². The molecule has 2 aliphatic rings. The second-order valence-electron chi connectivity index (χ2n) is 6.81. The third-order valence-electron chi connectivity index (χ3n) is 4.83. The Bertz CT molecular complexity index is 830. The molecule has 0 radical (unpaired) electrons. The third-order valence-corrected chi connectivity index (χ3v) is 4.83. The van der Waals surface area contributed by atoms with Crippen LogP contribution in [0.2, 0.25) is 0 Å². The van der Waals surface area contributed by atoms with Crippen LogP contribution in [0, 0.1) is 11.6 Å². The Hall–Kier alpha value is -2.27. The number of halogens is 2. The van der Waals surface area contributed by atoms with E-state index in [0.717, 1.165) is 0 Å². The quantitative estimate of drug-likeness (QED) is 0.804. The van der Waals surface area contributed by atoms with Gasteiger partial charge < -0.3 is 4.74 Å². The molecule has 0 saturated carbocycles. The van der Waals surface area contributed by atoms with Crippen molar-refractivity contribution in [2.24, 2.45) is 0 Å². The van der Waals surface area contributed by atoms with Gasteiger partial charge in [0, 0.05) is 0 Å². The molecule has 1 amide bonds. The fraction of sp³-hybridized carbons (Fsp3) is 0.316. The van der Waals surface area contributed by atoms with Gasteiger partial charge in [0.05, 0.1) is 23.8 Å². The number of amides is 1. The first-order valence-electron chi connectivity index (χ1n) is 7.91. The van der Waals surface area contributed by atoms with Crippen LogP contribution >= 0.6 is 0 Å². The largest absolute Gasteiger partial charge is 0.370 e. The van der Waals surface area contributed by atoms with Gasteiger partial charge in [-0.2, -0.15) is 0 Å². The SMILES string of the molecule is CC1(C)C(=O)N([C@@H](c2cccc(F)c2)C2CO2)c2c(F)cccc21. The van der Waals surface area contributed by atoms with Crippen LogP contribution in [0.1, 0.15) is 31.0 Å². The molecule has 0 bridgehead atoms. The maximum Gasteiger partial charge on any atom is 0.237 e. The van der Waals surface area contributed by atoms with Crippen molar-refractivity contribution in [3.63, 3.8) is 0 Å². The van der Waals surface area contributed by atoms with Gasteiger partial charge in [0.2, 0.25) is 5.91 Å². The highest BCUT2D eigenvalue weighted by molar-refractivity contribution is 6.08. The van der Waals surface area contributed by atoms with Crippen LogP contribution in [0.25, 0.3) is 0 Å². The van der Waals surface area contributed by atoms with Gasteiger partial charge in [-0.3, -0.25) is 9.69 Å². The molecule has 1 saturated heterocycles. The van der Waals surface area contributed by atoms with Gasteiger partial charge in [-0.25, -0.2) is 8.78 Å². The van der Waals surface area contributed by atoms with Gasteiger partial charge in [-0.1, -0.05) is 24.3 Å². The molecule has 0 aliphatic carbocycles. The van der Waals surface area contributed by atoms with E-state index in [-0.39, 0.29) is 17.7 Å². The minimum atomic E-state index is -0.835. The van der Waals surface area contributed by atoms with Crippen molar-refractivity contribution >= 4 is 11.6 Å². The van der Waals surface area contributed by atoms with Gasteiger partial charge in [-0.05, 0) is 43.2 Å². The Balaban J connectivity index is 1.90. The number of ether oxygens (including phenoxy) is 1. The van der Waals surface area contributed by atoms with E-state index in [4.69, 9.17) is 4.74 Å². The molecular formula is C19H17F2NO2. The molecule has 3 nitrogen and oxygen atoms in total. The van der Waals surface area contributed by atoms with E-state index in [1.165, 1.54) is 23.1 Å². The molecule has 2 aromatic rings. The normalized spacial score (nSPS) is 22.4. The summed E-state index contributed by atoms with van der Waals surface area (Å²) in [6.07, 6.45) is -0.253. The molecule has 0 spiro atoms. The van der Waals surface area contributed by atoms with Crippen LogP contribution in [0.15, 0.2) is 42.5 Å². The second-order valence-corrected chi connectivity index (χ2v) is 6.81. The first-order valence-corrected chi connectivity index (χ1v) is 7.91. The van der Waals surface area contributed by atoms with Crippen LogP contribution < -0.4 is 4.90 Å². The molecular weight excluding hydrogens is 312 g/mol. The molecule has 1 unspecified atom stereocenters. The highest BCUT2D eigenvalue weighted by Crippen LogP contribution is 2.49. The average molecular weight is 329 g/mol. The van der Waals surface area contributed by atoms with Crippen LogP contribution in [-0.2, 0) is 14.9 Å². The van der Waals surface area contributed by atoms with Crippen molar-refractivity contribution in [2.75, 3.05) is 11.5 Å². The van der Waals surface area contributed by atoms with Crippen molar-refractivity contribution in [3.05, 3.63) is 65.2 Å². The molecule has 2 atom stereocenters. The topological polar surface area (TPSA) is 32.8 Å². The Morgan fingerprint density at radius 3 is 2.58 bits per heavy atom. The van der Waals surface area contributed by atoms with Gasteiger partial charge in [0.1, 0.15) is 17.7 Å². The van der Waals surface area contributed by atoms with E-state index in [2.05, 4.69) is 0 Å². The van der Waals surface area contributed by atoms with Gasteiger partial charge >= 0.3 is 0 Å².